The van der Waals surface area contributed by atoms with Gasteiger partial charge in [0, 0.05) is 18.6 Å². The maximum Gasteiger partial charge on any atom is 0.169 e. The van der Waals surface area contributed by atoms with Gasteiger partial charge in [0.25, 0.3) is 0 Å². The van der Waals surface area contributed by atoms with Gasteiger partial charge in [0.1, 0.15) is 6.54 Å². The smallest absolute Gasteiger partial charge is 0.169 e. The highest BCUT2D eigenvalue weighted by atomic mass is 35.5. The van der Waals surface area contributed by atoms with Gasteiger partial charge in [-0.25, -0.2) is 4.57 Å². The molecule has 0 bridgehead atoms. The zero-order valence-electron chi connectivity index (χ0n) is 12.0. The summed E-state index contributed by atoms with van der Waals surface area (Å²) in [6.07, 6.45) is 15.6. The lowest BCUT2D eigenvalue weighted by Gasteiger charge is -2.00. The van der Waals surface area contributed by atoms with Crippen LogP contribution in [0.3, 0.4) is 0 Å². The van der Waals surface area contributed by atoms with E-state index in [0.717, 1.165) is 0 Å². The van der Waals surface area contributed by atoms with Crippen molar-refractivity contribution in [2.24, 2.45) is 0 Å². The molecule has 0 saturated heterocycles. The van der Waals surface area contributed by atoms with Crippen LogP contribution in [0.25, 0.3) is 0 Å². The van der Waals surface area contributed by atoms with Gasteiger partial charge in [0.15, 0.2) is 12.4 Å². The normalized spacial score (nSPS) is 10.1. The lowest BCUT2D eigenvalue weighted by molar-refractivity contribution is -0.697. The van der Waals surface area contributed by atoms with E-state index in [9.17, 15) is 0 Å². The van der Waals surface area contributed by atoms with Crippen molar-refractivity contribution in [3.8, 4) is 0 Å². The molecule has 0 aliphatic rings. The molecule has 0 aromatic carbocycles. The quantitative estimate of drug-likeness (QED) is 0.472. The minimum absolute atomic E-state index is 0. The third-order valence-electron chi connectivity index (χ3n) is 3.33. The molecule has 0 aliphatic heterocycles. The highest BCUT2D eigenvalue weighted by Gasteiger charge is 1.98. The van der Waals surface area contributed by atoms with Crippen molar-refractivity contribution in [3.63, 3.8) is 0 Å². The van der Waals surface area contributed by atoms with Crippen LogP contribution in [0.5, 0.6) is 0 Å². The fraction of sp³-hybridized carbons (Fsp3) is 0.688. The molecule has 0 amide bonds. The standard InChI is InChI=1S/C16H28N.ClH/c1-3-4-5-6-7-8-9-10-13-17-14-11-16(2)12-15-17;/h11-12,14-15H,3-10,13H2,1-2H3;1H/q+1;/p-1. The summed E-state index contributed by atoms with van der Waals surface area (Å²) in [5.74, 6) is 0. The summed E-state index contributed by atoms with van der Waals surface area (Å²) in [5.41, 5.74) is 1.34. The Kier molecular flexibility index (Phi) is 11.2. The number of hydrogen-bond acceptors (Lipinski definition) is 0. The molecular weight excluding hydrogens is 242 g/mol. The van der Waals surface area contributed by atoms with Crippen molar-refractivity contribution in [3.05, 3.63) is 30.1 Å². The van der Waals surface area contributed by atoms with Crippen LogP contribution in [0.4, 0.5) is 0 Å². The van der Waals surface area contributed by atoms with E-state index in [1.165, 1.54) is 63.5 Å². The average Bonchev–Trinajstić information content (AvgIpc) is 2.35. The highest BCUT2D eigenvalue weighted by Crippen LogP contribution is 2.08. The van der Waals surface area contributed by atoms with Gasteiger partial charge in [0.05, 0.1) is 0 Å². The van der Waals surface area contributed by atoms with Crippen LogP contribution < -0.4 is 17.0 Å². The summed E-state index contributed by atoms with van der Waals surface area (Å²) in [6.45, 7) is 5.59. The largest absolute Gasteiger partial charge is 1.00 e. The fourth-order valence-electron chi connectivity index (χ4n) is 2.11. The van der Waals surface area contributed by atoms with E-state index in [0.29, 0.717) is 0 Å². The van der Waals surface area contributed by atoms with Gasteiger partial charge in [-0.1, -0.05) is 45.4 Å². The van der Waals surface area contributed by atoms with E-state index in [-0.39, 0.29) is 12.4 Å². The predicted molar refractivity (Wildman–Crippen MR) is 74.0 cm³/mol. The van der Waals surface area contributed by atoms with Gasteiger partial charge < -0.3 is 12.4 Å². The van der Waals surface area contributed by atoms with E-state index in [1.807, 2.05) is 0 Å². The second-order valence-corrected chi connectivity index (χ2v) is 5.09. The molecule has 0 atom stereocenters. The predicted octanol–water partition coefficient (Wildman–Crippen LogP) is 1.43. The van der Waals surface area contributed by atoms with Crippen LogP contribution in [0.15, 0.2) is 24.5 Å². The minimum Gasteiger partial charge on any atom is -1.00 e. The Morgan fingerprint density at radius 1 is 0.833 bits per heavy atom. The molecule has 0 unspecified atom stereocenters. The summed E-state index contributed by atoms with van der Waals surface area (Å²) in [6, 6.07) is 4.37. The molecule has 0 spiro atoms. The Bertz CT molecular complexity index is 282. The monoisotopic (exact) mass is 269 g/mol. The summed E-state index contributed by atoms with van der Waals surface area (Å²) >= 11 is 0. The van der Waals surface area contributed by atoms with E-state index < -0.39 is 0 Å². The highest BCUT2D eigenvalue weighted by molar-refractivity contribution is 5.03. The molecule has 0 N–H and O–H groups in total. The molecule has 1 rings (SSSR count). The molecule has 18 heavy (non-hydrogen) atoms. The molecule has 1 nitrogen and oxygen atoms in total. The first-order chi connectivity index (χ1) is 8.33. The maximum atomic E-state index is 2.30. The molecule has 0 aliphatic carbocycles. The molecule has 1 aromatic rings. The van der Waals surface area contributed by atoms with E-state index in [1.54, 1.807) is 0 Å². The van der Waals surface area contributed by atoms with Gasteiger partial charge in [0.2, 0.25) is 0 Å². The average molecular weight is 270 g/mol. The van der Waals surface area contributed by atoms with Crippen molar-refractivity contribution in [1.29, 1.82) is 0 Å². The van der Waals surface area contributed by atoms with Crippen LogP contribution in [0.1, 0.15) is 63.9 Å². The number of aryl methyl sites for hydroxylation is 2. The topological polar surface area (TPSA) is 3.88 Å². The zero-order chi connectivity index (χ0) is 12.3. The van der Waals surface area contributed by atoms with Gasteiger partial charge in [-0.3, -0.25) is 0 Å². The summed E-state index contributed by atoms with van der Waals surface area (Å²) in [7, 11) is 0. The number of halogens is 1. The van der Waals surface area contributed by atoms with Gasteiger partial charge in [-0.05, 0) is 18.9 Å². The minimum atomic E-state index is 0. The van der Waals surface area contributed by atoms with Crippen LogP contribution in [-0.2, 0) is 6.54 Å². The summed E-state index contributed by atoms with van der Waals surface area (Å²) in [4.78, 5) is 0. The molecule has 1 heterocycles. The Balaban J connectivity index is 0.00000289. The van der Waals surface area contributed by atoms with E-state index in [4.69, 9.17) is 0 Å². The Hall–Kier alpha value is -0.560. The first-order valence-electron chi connectivity index (χ1n) is 7.28. The third-order valence-corrected chi connectivity index (χ3v) is 3.33. The van der Waals surface area contributed by atoms with Crippen LogP contribution >= 0.6 is 0 Å². The molecule has 0 radical (unpaired) electrons. The maximum absolute atomic E-state index is 2.30. The molecule has 2 heteroatoms. The molecule has 1 aromatic heterocycles. The lowest BCUT2D eigenvalue weighted by Crippen LogP contribution is -3.00. The molecular formula is C16H28ClN. The van der Waals surface area contributed by atoms with E-state index in [2.05, 4.69) is 42.9 Å². The van der Waals surface area contributed by atoms with Crippen molar-refractivity contribution >= 4 is 0 Å². The molecule has 0 saturated carbocycles. The summed E-state index contributed by atoms with van der Waals surface area (Å²) < 4.78 is 2.30. The number of rotatable bonds is 9. The van der Waals surface area contributed by atoms with Crippen LogP contribution in [0, 0.1) is 6.92 Å². The third kappa shape index (κ3) is 8.52. The Morgan fingerprint density at radius 2 is 1.33 bits per heavy atom. The van der Waals surface area contributed by atoms with Crippen molar-refractivity contribution in [1.82, 2.24) is 0 Å². The Labute approximate surface area is 119 Å². The summed E-state index contributed by atoms with van der Waals surface area (Å²) in [5, 5.41) is 0. The lowest BCUT2D eigenvalue weighted by atomic mass is 10.1. The number of hydrogen-bond donors (Lipinski definition) is 0. The van der Waals surface area contributed by atoms with Crippen LogP contribution in [-0.4, -0.2) is 0 Å². The van der Waals surface area contributed by atoms with Gasteiger partial charge >= 0.3 is 0 Å². The number of aromatic nitrogens is 1. The number of unbranched alkanes of at least 4 members (excludes halogenated alkanes) is 7. The van der Waals surface area contributed by atoms with Crippen molar-refractivity contribution in [2.45, 2.75) is 71.8 Å². The van der Waals surface area contributed by atoms with Gasteiger partial charge in [-0.15, -0.1) is 0 Å². The van der Waals surface area contributed by atoms with E-state index >= 15 is 0 Å². The SMILES string of the molecule is CCCCCCCCCC[n+]1ccc(C)cc1.[Cl-]. The Morgan fingerprint density at radius 3 is 1.89 bits per heavy atom. The molecule has 0 fully saturated rings. The van der Waals surface area contributed by atoms with Crippen LogP contribution in [0.2, 0.25) is 0 Å². The van der Waals surface area contributed by atoms with Crippen molar-refractivity contribution in [2.75, 3.05) is 0 Å². The second-order valence-electron chi connectivity index (χ2n) is 5.09. The molecule has 104 valence electrons. The zero-order valence-corrected chi connectivity index (χ0v) is 12.8. The number of pyridine rings is 1. The van der Waals surface area contributed by atoms with Crippen molar-refractivity contribution < 1.29 is 17.0 Å². The first kappa shape index (κ1) is 17.4. The first-order valence-corrected chi connectivity index (χ1v) is 7.28. The van der Waals surface area contributed by atoms with Gasteiger partial charge in [-0.2, -0.15) is 0 Å². The fourth-order valence-corrected chi connectivity index (χ4v) is 2.11. The number of nitrogens with zero attached hydrogens (tertiary/aromatic N) is 1. The second kappa shape index (κ2) is 11.5.